The molecule has 250 valence electrons. The SMILES string of the molecule is CCc1c(F)ccc2cc(OCOC)cc(-c3c(F)cc4c(N5CC6(C)CCC(C)(C5)N6C(=O)OC(C)(C)C)nc(Cl)nc4c3F)c12. The summed E-state index contributed by atoms with van der Waals surface area (Å²) >= 11 is 6.43. The van der Waals surface area contributed by atoms with Gasteiger partial charge in [-0.1, -0.05) is 13.0 Å². The summed E-state index contributed by atoms with van der Waals surface area (Å²) in [5.74, 6) is -1.78. The summed E-state index contributed by atoms with van der Waals surface area (Å²) in [7, 11) is 1.46. The van der Waals surface area contributed by atoms with Crippen LogP contribution in [0.25, 0.3) is 32.8 Å². The highest BCUT2D eigenvalue weighted by Crippen LogP contribution is 2.49. The fourth-order valence-electron chi connectivity index (χ4n) is 7.37. The third-order valence-corrected chi connectivity index (χ3v) is 9.33. The molecule has 2 atom stereocenters. The molecule has 3 aromatic carbocycles. The van der Waals surface area contributed by atoms with E-state index < -0.39 is 40.2 Å². The Morgan fingerprint density at radius 1 is 1.02 bits per heavy atom. The zero-order chi connectivity index (χ0) is 34.1. The van der Waals surface area contributed by atoms with E-state index in [2.05, 4.69) is 9.97 Å². The Bertz CT molecular complexity index is 1900. The first kappa shape index (κ1) is 33.1. The van der Waals surface area contributed by atoms with Crippen molar-refractivity contribution in [2.45, 2.75) is 77.5 Å². The summed E-state index contributed by atoms with van der Waals surface area (Å²) in [4.78, 5) is 25.8. The standard InChI is InChI=1S/C35H38ClF3N4O4/c1-8-21-24(37)10-9-19-13-20(46-18-45-7)14-22(26(19)21)27-25(38)15-23-29(28(27)39)40-31(36)41-30(23)42-16-34(5)11-12-35(6,17-42)43(34)32(44)47-33(2,3)4/h9-10,13-15H,8,11-12,16-18H2,1-7H3. The number of aromatic nitrogens is 2. The van der Waals surface area contributed by atoms with Gasteiger partial charge in [-0.3, -0.25) is 4.90 Å². The average Bonchev–Trinajstić information content (AvgIpc) is 3.15. The number of methoxy groups -OCH3 is 1. The molecule has 2 bridgehead atoms. The number of nitrogens with zero attached hydrogens (tertiary/aromatic N) is 4. The van der Waals surface area contributed by atoms with E-state index in [1.807, 2.05) is 39.5 Å². The van der Waals surface area contributed by atoms with Gasteiger partial charge in [0.2, 0.25) is 5.28 Å². The van der Waals surface area contributed by atoms with Gasteiger partial charge in [0.1, 0.15) is 34.3 Å². The van der Waals surface area contributed by atoms with Crippen LogP contribution < -0.4 is 9.64 Å². The summed E-state index contributed by atoms with van der Waals surface area (Å²) < 4.78 is 64.8. The number of rotatable bonds is 6. The van der Waals surface area contributed by atoms with Crippen molar-refractivity contribution in [3.05, 3.63) is 58.6 Å². The molecule has 2 unspecified atom stereocenters. The minimum absolute atomic E-state index is 0.0965. The smallest absolute Gasteiger partial charge is 0.411 e. The highest BCUT2D eigenvalue weighted by atomic mass is 35.5. The number of carbonyl (C=O) groups is 1. The van der Waals surface area contributed by atoms with Gasteiger partial charge in [-0.2, -0.15) is 4.98 Å². The Morgan fingerprint density at radius 2 is 1.70 bits per heavy atom. The van der Waals surface area contributed by atoms with Crippen molar-refractivity contribution in [2.75, 3.05) is 31.9 Å². The highest BCUT2D eigenvalue weighted by Gasteiger charge is 2.58. The molecule has 47 heavy (non-hydrogen) atoms. The van der Waals surface area contributed by atoms with Crippen LogP contribution in [0, 0.1) is 17.5 Å². The number of anilines is 1. The third-order valence-electron chi connectivity index (χ3n) is 9.16. The molecule has 0 aliphatic carbocycles. The molecule has 8 nitrogen and oxygen atoms in total. The molecule has 0 spiro atoms. The maximum atomic E-state index is 16.8. The van der Waals surface area contributed by atoms with Crippen LogP contribution in [0.15, 0.2) is 30.3 Å². The van der Waals surface area contributed by atoms with Crippen LogP contribution >= 0.6 is 11.6 Å². The van der Waals surface area contributed by atoms with Crippen molar-refractivity contribution < 1.29 is 32.2 Å². The maximum Gasteiger partial charge on any atom is 0.411 e. The number of halogens is 4. The van der Waals surface area contributed by atoms with Crippen LogP contribution in [0.2, 0.25) is 5.28 Å². The van der Waals surface area contributed by atoms with Gasteiger partial charge < -0.3 is 19.1 Å². The van der Waals surface area contributed by atoms with Crippen LogP contribution in [0.1, 0.15) is 59.9 Å². The van der Waals surface area contributed by atoms with Crippen molar-refractivity contribution in [1.29, 1.82) is 0 Å². The molecule has 2 fully saturated rings. The molecule has 4 aromatic rings. The number of hydrogen-bond donors (Lipinski definition) is 0. The minimum Gasteiger partial charge on any atom is -0.468 e. The topological polar surface area (TPSA) is 77.0 Å². The summed E-state index contributed by atoms with van der Waals surface area (Å²) in [6.07, 6.45) is 1.29. The lowest BCUT2D eigenvalue weighted by molar-refractivity contribution is -0.0210. The maximum absolute atomic E-state index is 16.8. The predicted molar refractivity (Wildman–Crippen MR) is 176 cm³/mol. The Kier molecular flexibility index (Phi) is 8.23. The number of aryl methyl sites for hydroxylation is 1. The third kappa shape index (κ3) is 5.71. The lowest BCUT2D eigenvalue weighted by Crippen LogP contribution is -2.67. The van der Waals surface area contributed by atoms with E-state index >= 15 is 13.2 Å². The van der Waals surface area contributed by atoms with Gasteiger partial charge >= 0.3 is 6.09 Å². The first-order valence-corrected chi connectivity index (χ1v) is 16.0. The predicted octanol–water partition coefficient (Wildman–Crippen LogP) is 8.43. The molecular weight excluding hydrogens is 633 g/mol. The summed E-state index contributed by atoms with van der Waals surface area (Å²) in [5, 5.41) is 0.824. The van der Waals surface area contributed by atoms with E-state index in [4.69, 9.17) is 25.8 Å². The van der Waals surface area contributed by atoms with E-state index in [0.717, 1.165) is 0 Å². The van der Waals surface area contributed by atoms with Crippen molar-refractivity contribution in [3.8, 4) is 16.9 Å². The van der Waals surface area contributed by atoms with Crippen LogP contribution in [0.4, 0.5) is 23.8 Å². The average molecular weight is 671 g/mol. The molecule has 12 heteroatoms. The molecule has 3 heterocycles. The van der Waals surface area contributed by atoms with Gasteiger partial charge in [-0.25, -0.2) is 22.9 Å². The van der Waals surface area contributed by atoms with E-state index in [1.165, 1.54) is 25.3 Å². The van der Waals surface area contributed by atoms with Crippen molar-refractivity contribution in [3.63, 3.8) is 0 Å². The monoisotopic (exact) mass is 670 g/mol. The first-order chi connectivity index (χ1) is 22.1. The lowest BCUT2D eigenvalue weighted by Gasteiger charge is -2.52. The van der Waals surface area contributed by atoms with E-state index in [-0.39, 0.29) is 46.3 Å². The van der Waals surface area contributed by atoms with Gasteiger partial charge in [-0.15, -0.1) is 0 Å². The number of amides is 1. The number of fused-ring (bicyclic) bond motifs is 4. The summed E-state index contributed by atoms with van der Waals surface area (Å²) in [5.41, 5.74) is -2.09. The number of piperazine rings is 1. The quantitative estimate of drug-likeness (QED) is 0.151. The van der Waals surface area contributed by atoms with Gasteiger partial charge in [0, 0.05) is 25.6 Å². The van der Waals surface area contributed by atoms with Crippen molar-refractivity contribution in [1.82, 2.24) is 14.9 Å². The van der Waals surface area contributed by atoms with E-state index in [1.54, 1.807) is 24.0 Å². The Labute approximate surface area is 276 Å². The van der Waals surface area contributed by atoms with Gasteiger partial charge in [0.25, 0.3) is 0 Å². The number of carbonyl (C=O) groups excluding carboxylic acids is 1. The zero-order valence-electron chi connectivity index (χ0n) is 27.6. The lowest BCUT2D eigenvalue weighted by atomic mass is 9.91. The van der Waals surface area contributed by atoms with Gasteiger partial charge in [0.05, 0.1) is 16.6 Å². The molecule has 2 aliphatic heterocycles. The van der Waals surface area contributed by atoms with Crippen molar-refractivity contribution in [2.24, 2.45) is 0 Å². The summed E-state index contributed by atoms with van der Waals surface area (Å²) in [6, 6.07) is 7.23. The molecular formula is C35H38ClF3N4O4. The molecule has 0 radical (unpaired) electrons. The van der Waals surface area contributed by atoms with Crippen LogP contribution in [-0.4, -0.2) is 64.6 Å². The van der Waals surface area contributed by atoms with E-state index in [9.17, 15) is 4.79 Å². The minimum atomic E-state index is -0.963. The van der Waals surface area contributed by atoms with Gasteiger partial charge in [-0.05, 0) is 112 Å². The van der Waals surface area contributed by atoms with E-state index in [0.29, 0.717) is 48.0 Å². The zero-order valence-corrected chi connectivity index (χ0v) is 28.3. The largest absolute Gasteiger partial charge is 0.468 e. The second-order valence-corrected chi connectivity index (χ2v) is 14.3. The molecule has 0 N–H and O–H groups in total. The molecule has 0 saturated carbocycles. The second-order valence-electron chi connectivity index (χ2n) is 13.9. The molecule has 2 aliphatic rings. The molecule has 1 aromatic heterocycles. The number of hydrogen-bond acceptors (Lipinski definition) is 7. The van der Waals surface area contributed by atoms with Crippen LogP contribution in [0.3, 0.4) is 0 Å². The highest BCUT2D eigenvalue weighted by molar-refractivity contribution is 6.29. The van der Waals surface area contributed by atoms with Crippen LogP contribution in [0.5, 0.6) is 5.75 Å². The fraction of sp³-hybridized carbons (Fsp3) is 0.457. The Balaban J connectivity index is 1.51. The van der Waals surface area contributed by atoms with Gasteiger partial charge in [0.15, 0.2) is 12.6 Å². The molecule has 2 saturated heterocycles. The van der Waals surface area contributed by atoms with Crippen LogP contribution in [-0.2, 0) is 15.9 Å². The fourth-order valence-corrected chi connectivity index (χ4v) is 7.54. The van der Waals surface area contributed by atoms with Crippen molar-refractivity contribution >= 4 is 45.2 Å². The number of ether oxygens (including phenoxy) is 3. The summed E-state index contributed by atoms with van der Waals surface area (Å²) in [6.45, 7) is 11.8. The first-order valence-electron chi connectivity index (χ1n) is 15.6. The molecule has 1 amide bonds. The molecule has 6 rings (SSSR count). The second kappa shape index (κ2) is 11.7. The Hall–Kier alpha value is -3.83. The normalized spacial score (nSPS) is 21.2. The Morgan fingerprint density at radius 3 is 2.32 bits per heavy atom. The number of benzene rings is 3.